The highest BCUT2D eigenvalue weighted by Crippen LogP contribution is 2.28. The number of rotatable bonds is 3. The third-order valence-corrected chi connectivity index (χ3v) is 3.49. The summed E-state index contributed by atoms with van der Waals surface area (Å²) in [6, 6.07) is 2.12. The number of nitrogens with one attached hydrogen (secondary N) is 1. The van der Waals surface area contributed by atoms with Gasteiger partial charge in [0.2, 0.25) is 0 Å². The van der Waals surface area contributed by atoms with Gasteiger partial charge in [0, 0.05) is 19.3 Å². The molecule has 0 aliphatic carbocycles. The molecule has 0 radical (unpaired) electrons. The van der Waals surface area contributed by atoms with Crippen molar-refractivity contribution in [3.05, 3.63) is 24.0 Å². The minimum Gasteiger partial charge on any atom is -0.495 e. The number of nitrogens with zero attached hydrogens (tertiary/aromatic N) is 2. The molecule has 2 rings (SSSR count). The molecule has 0 amide bonds. The molecule has 94 valence electrons. The van der Waals surface area contributed by atoms with Crippen molar-refractivity contribution in [1.29, 1.82) is 0 Å². The van der Waals surface area contributed by atoms with Crippen LogP contribution in [0.2, 0.25) is 0 Å². The van der Waals surface area contributed by atoms with Gasteiger partial charge >= 0.3 is 0 Å². The Hall–Kier alpha value is -1.13. The minimum absolute atomic E-state index is 0.607. The average Bonchev–Trinajstić information content (AvgIpc) is 2.64. The molecular formula is C13H21N3O. The highest BCUT2D eigenvalue weighted by atomic mass is 16.5. The lowest BCUT2D eigenvalue weighted by molar-refractivity contribution is 0.216. The zero-order chi connectivity index (χ0) is 12.1. The molecule has 1 aromatic rings. The summed E-state index contributed by atoms with van der Waals surface area (Å²) in [7, 11) is 3.68. The summed E-state index contributed by atoms with van der Waals surface area (Å²) in [4.78, 5) is 4.25. The molecule has 0 spiro atoms. The molecule has 0 saturated carbocycles. The van der Waals surface area contributed by atoms with Crippen molar-refractivity contribution < 1.29 is 4.74 Å². The van der Waals surface area contributed by atoms with E-state index in [4.69, 9.17) is 4.74 Å². The van der Waals surface area contributed by atoms with E-state index >= 15 is 0 Å². The number of hydrogen-bond acceptors (Lipinski definition) is 4. The molecule has 2 heterocycles. The van der Waals surface area contributed by atoms with Crippen LogP contribution in [0.3, 0.4) is 0 Å². The Balaban J connectivity index is 2.05. The van der Waals surface area contributed by atoms with E-state index < -0.39 is 0 Å². The Morgan fingerprint density at radius 2 is 2.24 bits per heavy atom. The van der Waals surface area contributed by atoms with Crippen LogP contribution in [-0.4, -0.2) is 37.2 Å². The van der Waals surface area contributed by atoms with Crippen molar-refractivity contribution in [2.45, 2.75) is 25.2 Å². The molecule has 1 aromatic heterocycles. The molecule has 1 saturated heterocycles. The number of hydrogen-bond donors (Lipinski definition) is 1. The molecule has 4 nitrogen and oxygen atoms in total. The number of hydrazine groups is 1. The van der Waals surface area contributed by atoms with Gasteiger partial charge in [0.25, 0.3) is 0 Å². The predicted octanol–water partition coefficient (Wildman–Crippen LogP) is 1.79. The molecule has 1 N–H and O–H groups in total. The van der Waals surface area contributed by atoms with Crippen LogP contribution in [0.4, 0.5) is 0 Å². The second-order valence-electron chi connectivity index (χ2n) is 4.50. The summed E-state index contributed by atoms with van der Waals surface area (Å²) >= 11 is 0. The van der Waals surface area contributed by atoms with Crippen LogP contribution in [0, 0.1) is 0 Å². The van der Waals surface area contributed by atoms with Crippen LogP contribution in [-0.2, 0) is 0 Å². The van der Waals surface area contributed by atoms with E-state index in [0.29, 0.717) is 5.92 Å². The van der Waals surface area contributed by atoms with Crippen LogP contribution in [0.15, 0.2) is 18.5 Å². The quantitative estimate of drug-likeness (QED) is 0.867. The summed E-state index contributed by atoms with van der Waals surface area (Å²) < 4.78 is 5.23. The Morgan fingerprint density at radius 1 is 1.35 bits per heavy atom. The van der Waals surface area contributed by atoms with Gasteiger partial charge in [0.1, 0.15) is 5.75 Å². The predicted molar refractivity (Wildman–Crippen MR) is 68.0 cm³/mol. The SMILES string of the molecule is CNN1CCC[C@@H](c2cncc(OC)c2)CC1. The summed E-state index contributed by atoms with van der Waals surface area (Å²) in [5.74, 6) is 1.47. The molecule has 0 bridgehead atoms. The number of aromatic nitrogens is 1. The van der Waals surface area contributed by atoms with Crippen LogP contribution < -0.4 is 10.2 Å². The smallest absolute Gasteiger partial charge is 0.137 e. The first-order chi connectivity index (χ1) is 8.33. The largest absolute Gasteiger partial charge is 0.495 e. The Bertz CT molecular complexity index is 356. The molecule has 0 unspecified atom stereocenters. The summed E-state index contributed by atoms with van der Waals surface area (Å²) in [5.41, 5.74) is 4.54. The van der Waals surface area contributed by atoms with Crippen LogP contribution >= 0.6 is 0 Å². The third-order valence-electron chi connectivity index (χ3n) is 3.49. The van der Waals surface area contributed by atoms with Crippen LogP contribution in [0.1, 0.15) is 30.7 Å². The van der Waals surface area contributed by atoms with Crippen molar-refractivity contribution in [1.82, 2.24) is 15.4 Å². The highest BCUT2D eigenvalue weighted by molar-refractivity contribution is 5.26. The van der Waals surface area contributed by atoms with E-state index in [1.165, 1.54) is 24.8 Å². The summed E-state index contributed by atoms with van der Waals surface area (Å²) in [6.07, 6.45) is 7.37. The maximum Gasteiger partial charge on any atom is 0.137 e. The molecule has 4 heteroatoms. The first-order valence-electron chi connectivity index (χ1n) is 6.24. The Labute approximate surface area is 103 Å². The van der Waals surface area contributed by atoms with E-state index in [1.807, 2.05) is 13.2 Å². The molecule has 1 atom stereocenters. The van der Waals surface area contributed by atoms with Gasteiger partial charge in [-0.05, 0) is 43.9 Å². The summed E-state index contributed by atoms with van der Waals surface area (Å²) in [5, 5.41) is 2.29. The number of methoxy groups -OCH3 is 1. The Morgan fingerprint density at radius 3 is 3.00 bits per heavy atom. The zero-order valence-corrected chi connectivity index (χ0v) is 10.6. The fourth-order valence-electron chi connectivity index (χ4n) is 2.42. The van der Waals surface area contributed by atoms with E-state index in [-0.39, 0.29) is 0 Å². The Kier molecular flexibility index (Phi) is 4.34. The minimum atomic E-state index is 0.607. The van der Waals surface area contributed by atoms with Gasteiger partial charge < -0.3 is 4.74 Å². The van der Waals surface area contributed by atoms with E-state index in [0.717, 1.165) is 18.8 Å². The topological polar surface area (TPSA) is 37.4 Å². The van der Waals surface area contributed by atoms with Gasteiger partial charge in [0.15, 0.2) is 0 Å². The molecular weight excluding hydrogens is 214 g/mol. The maximum atomic E-state index is 5.23. The summed E-state index contributed by atoms with van der Waals surface area (Å²) in [6.45, 7) is 2.22. The number of ether oxygens (including phenoxy) is 1. The lowest BCUT2D eigenvalue weighted by atomic mass is 9.93. The van der Waals surface area contributed by atoms with Gasteiger partial charge in [-0.1, -0.05) is 0 Å². The van der Waals surface area contributed by atoms with Gasteiger partial charge in [-0.25, -0.2) is 5.01 Å². The van der Waals surface area contributed by atoms with Crippen molar-refractivity contribution in [3.8, 4) is 5.75 Å². The second-order valence-corrected chi connectivity index (χ2v) is 4.50. The fourth-order valence-corrected chi connectivity index (χ4v) is 2.42. The van der Waals surface area contributed by atoms with Gasteiger partial charge in [-0.3, -0.25) is 10.4 Å². The van der Waals surface area contributed by atoms with Gasteiger partial charge in [-0.15, -0.1) is 0 Å². The second kappa shape index (κ2) is 5.98. The van der Waals surface area contributed by atoms with Crippen LogP contribution in [0.25, 0.3) is 0 Å². The van der Waals surface area contributed by atoms with E-state index in [2.05, 4.69) is 21.5 Å². The van der Waals surface area contributed by atoms with E-state index in [9.17, 15) is 0 Å². The van der Waals surface area contributed by atoms with Crippen molar-refractivity contribution >= 4 is 0 Å². The zero-order valence-electron chi connectivity index (χ0n) is 10.6. The maximum absolute atomic E-state index is 5.23. The lowest BCUT2D eigenvalue weighted by Gasteiger charge is -2.18. The molecule has 1 aliphatic heterocycles. The first-order valence-corrected chi connectivity index (χ1v) is 6.24. The molecule has 1 fully saturated rings. The van der Waals surface area contributed by atoms with Crippen molar-refractivity contribution in [2.75, 3.05) is 27.2 Å². The fraction of sp³-hybridized carbons (Fsp3) is 0.615. The van der Waals surface area contributed by atoms with Crippen molar-refractivity contribution in [3.63, 3.8) is 0 Å². The van der Waals surface area contributed by atoms with Gasteiger partial charge in [0.05, 0.1) is 13.3 Å². The molecule has 1 aliphatic rings. The van der Waals surface area contributed by atoms with Crippen molar-refractivity contribution in [2.24, 2.45) is 0 Å². The number of pyridine rings is 1. The lowest BCUT2D eigenvalue weighted by Crippen LogP contribution is -2.35. The van der Waals surface area contributed by atoms with Gasteiger partial charge in [-0.2, -0.15) is 0 Å². The third kappa shape index (κ3) is 3.17. The van der Waals surface area contributed by atoms with Crippen LogP contribution in [0.5, 0.6) is 5.75 Å². The molecule has 17 heavy (non-hydrogen) atoms. The standard InChI is InChI=1S/C13H21N3O/c1-14-16-6-3-4-11(5-7-16)12-8-13(17-2)10-15-9-12/h8-11,14H,3-7H2,1-2H3/t11-/m1/s1. The highest BCUT2D eigenvalue weighted by Gasteiger charge is 2.18. The normalized spacial score (nSPS) is 22.1. The van der Waals surface area contributed by atoms with E-state index in [1.54, 1.807) is 13.3 Å². The monoisotopic (exact) mass is 235 g/mol. The first kappa shape index (κ1) is 12.3. The molecule has 0 aromatic carbocycles. The average molecular weight is 235 g/mol.